The van der Waals surface area contributed by atoms with Gasteiger partial charge in [-0.15, -0.1) is 0 Å². The lowest BCUT2D eigenvalue weighted by Crippen LogP contribution is -2.55. The molecule has 1 aromatic carbocycles. The largest absolute Gasteiger partial charge is 0.322 e. The highest BCUT2D eigenvalue weighted by atomic mass is 32.2. The molecule has 1 aliphatic carbocycles. The third-order valence-corrected chi connectivity index (χ3v) is 7.74. The van der Waals surface area contributed by atoms with Crippen LogP contribution in [0.4, 0.5) is 19.3 Å². The number of anilines is 1. The van der Waals surface area contributed by atoms with Crippen LogP contribution in [0, 0.1) is 0 Å². The lowest BCUT2D eigenvalue weighted by molar-refractivity contribution is 0.151. The molecule has 1 N–H and O–H groups in total. The molecule has 7 nitrogen and oxygen atoms in total. The molecule has 1 heterocycles. The zero-order valence-corrected chi connectivity index (χ0v) is 17.4. The summed E-state index contributed by atoms with van der Waals surface area (Å²) in [5, 5.41) is 2.61. The van der Waals surface area contributed by atoms with E-state index in [1.165, 1.54) is 31.7 Å². The van der Waals surface area contributed by atoms with Crippen molar-refractivity contribution in [3.05, 3.63) is 29.8 Å². The molecule has 0 atom stereocenters. The van der Waals surface area contributed by atoms with Crippen LogP contribution in [0.2, 0.25) is 0 Å². The summed E-state index contributed by atoms with van der Waals surface area (Å²) in [6.45, 7) is 0.921. The van der Waals surface area contributed by atoms with Crippen LogP contribution in [0.15, 0.2) is 24.3 Å². The molecule has 1 saturated carbocycles. The fourth-order valence-electron chi connectivity index (χ4n) is 3.89. The molecular formula is C19H28F2N4O3S. The molecule has 0 aromatic heterocycles. The van der Waals surface area contributed by atoms with Crippen molar-refractivity contribution in [2.75, 3.05) is 38.5 Å². The fraction of sp³-hybridized carbons (Fsp3) is 0.632. The van der Waals surface area contributed by atoms with E-state index >= 15 is 0 Å². The monoisotopic (exact) mass is 430 g/mol. The number of piperazine rings is 1. The lowest BCUT2D eigenvalue weighted by atomic mass is 9.96. The Kier molecular flexibility index (Phi) is 7.07. The minimum Gasteiger partial charge on any atom is -0.322 e. The second-order valence-corrected chi connectivity index (χ2v) is 9.55. The second kappa shape index (κ2) is 9.36. The van der Waals surface area contributed by atoms with Crippen molar-refractivity contribution in [2.45, 2.75) is 44.6 Å². The van der Waals surface area contributed by atoms with E-state index in [2.05, 4.69) is 5.32 Å². The lowest BCUT2D eigenvalue weighted by Gasteiger charge is -2.38. The molecular weight excluding hydrogens is 402 g/mol. The third-order valence-electron chi connectivity index (χ3n) is 5.69. The summed E-state index contributed by atoms with van der Waals surface area (Å²) < 4.78 is 54.3. The quantitative estimate of drug-likeness (QED) is 0.779. The van der Waals surface area contributed by atoms with Crippen LogP contribution in [0.3, 0.4) is 0 Å². The van der Waals surface area contributed by atoms with Gasteiger partial charge in [-0.2, -0.15) is 17.0 Å². The van der Waals surface area contributed by atoms with Gasteiger partial charge < -0.3 is 10.2 Å². The van der Waals surface area contributed by atoms with E-state index in [9.17, 15) is 22.0 Å². The first-order valence-electron chi connectivity index (χ1n) is 9.96. The molecule has 2 fully saturated rings. The number of benzene rings is 1. The summed E-state index contributed by atoms with van der Waals surface area (Å²) in [7, 11) is -1.92. The van der Waals surface area contributed by atoms with E-state index in [0.717, 1.165) is 32.1 Å². The molecule has 0 spiro atoms. The number of urea groups is 1. The Hall–Kier alpha value is -1.78. The fourth-order valence-corrected chi connectivity index (χ4v) is 5.47. The van der Waals surface area contributed by atoms with Crippen LogP contribution in [0.25, 0.3) is 0 Å². The van der Waals surface area contributed by atoms with Gasteiger partial charge in [0.2, 0.25) is 0 Å². The Balaban J connectivity index is 1.55. The normalized spacial score (nSPS) is 19.7. The number of hydrogen-bond acceptors (Lipinski definition) is 3. The zero-order valence-electron chi connectivity index (χ0n) is 16.6. The van der Waals surface area contributed by atoms with Crippen LogP contribution in [-0.4, -0.2) is 67.2 Å². The molecule has 1 aromatic rings. The van der Waals surface area contributed by atoms with Gasteiger partial charge >= 0.3 is 6.03 Å². The highest BCUT2D eigenvalue weighted by molar-refractivity contribution is 7.86. The van der Waals surface area contributed by atoms with E-state index in [4.69, 9.17) is 0 Å². The van der Waals surface area contributed by atoms with Gasteiger partial charge in [-0.3, -0.25) is 0 Å². The van der Waals surface area contributed by atoms with Crippen LogP contribution < -0.4 is 5.32 Å². The number of halogens is 2. The first kappa shape index (κ1) is 21.9. The van der Waals surface area contributed by atoms with Crippen LogP contribution in [-0.2, 0) is 10.2 Å². The van der Waals surface area contributed by atoms with E-state index in [1.807, 2.05) is 0 Å². The van der Waals surface area contributed by atoms with E-state index in [0.29, 0.717) is 5.69 Å². The molecule has 10 heteroatoms. The summed E-state index contributed by atoms with van der Waals surface area (Å²) in [6.07, 6.45) is 2.40. The first-order chi connectivity index (χ1) is 13.8. The van der Waals surface area contributed by atoms with Gasteiger partial charge in [0.25, 0.3) is 16.6 Å². The van der Waals surface area contributed by atoms with Gasteiger partial charge in [0, 0.05) is 50.5 Å². The average Bonchev–Trinajstić information content (AvgIpc) is 2.74. The van der Waals surface area contributed by atoms with Crippen molar-refractivity contribution in [1.82, 2.24) is 13.5 Å². The highest BCUT2D eigenvalue weighted by Gasteiger charge is 2.35. The van der Waals surface area contributed by atoms with Gasteiger partial charge in [0.1, 0.15) is 0 Å². The maximum atomic E-state index is 12.9. The number of hydrogen-bond donors (Lipinski definition) is 1. The van der Waals surface area contributed by atoms with Gasteiger partial charge in [0.05, 0.1) is 0 Å². The van der Waals surface area contributed by atoms with Gasteiger partial charge in [0.15, 0.2) is 0 Å². The van der Waals surface area contributed by atoms with Crippen molar-refractivity contribution in [3.63, 3.8) is 0 Å². The third kappa shape index (κ3) is 5.23. The average molecular weight is 431 g/mol. The first-order valence-corrected chi connectivity index (χ1v) is 11.4. The van der Waals surface area contributed by atoms with Gasteiger partial charge in [-0.05, 0) is 25.0 Å². The predicted octanol–water partition coefficient (Wildman–Crippen LogP) is 3.28. The summed E-state index contributed by atoms with van der Waals surface area (Å²) >= 11 is 0. The summed E-state index contributed by atoms with van der Waals surface area (Å²) in [5.74, 6) is 0. The smallest absolute Gasteiger partial charge is 0.321 e. The Morgan fingerprint density at radius 2 is 1.79 bits per heavy atom. The van der Waals surface area contributed by atoms with Crippen molar-refractivity contribution in [1.29, 1.82) is 0 Å². The van der Waals surface area contributed by atoms with E-state index in [1.54, 1.807) is 13.1 Å². The van der Waals surface area contributed by atoms with E-state index < -0.39 is 22.7 Å². The van der Waals surface area contributed by atoms with E-state index in [-0.39, 0.29) is 37.8 Å². The van der Waals surface area contributed by atoms with Crippen molar-refractivity contribution < 1.29 is 22.0 Å². The molecule has 3 rings (SSSR count). The summed E-state index contributed by atoms with van der Waals surface area (Å²) in [5.41, 5.74) is 0.129. The molecule has 0 unspecified atom stereocenters. The minimum atomic E-state index is -3.56. The number of alkyl halides is 2. The number of nitrogens with one attached hydrogen (secondary N) is 1. The van der Waals surface area contributed by atoms with Gasteiger partial charge in [-0.1, -0.05) is 31.4 Å². The number of carbonyl (C=O) groups excluding carboxylic acids is 1. The van der Waals surface area contributed by atoms with Crippen molar-refractivity contribution in [3.8, 4) is 0 Å². The molecule has 162 valence electrons. The number of amides is 2. The number of rotatable bonds is 5. The predicted molar refractivity (Wildman–Crippen MR) is 107 cm³/mol. The molecule has 2 amide bonds. The molecule has 1 aliphatic heterocycles. The topological polar surface area (TPSA) is 73.0 Å². The van der Waals surface area contributed by atoms with Crippen LogP contribution >= 0.6 is 0 Å². The van der Waals surface area contributed by atoms with Gasteiger partial charge in [-0.25, -0.2) is 13.6 Å². The Morgan fingerprint density at radius 1 is 1.14 bits per heavy atom. The molecule has 29 heavy (non-hydrogen) atoms. The Bertz CT molecular complexity index is 807. The standard InChI is InChI=1S/C19H28F2N4O3S/c1-23(17-8-3-2-4-9-17)29(27,28)25-12-10-24(11-13-25)19(26)22-16-7-5-6-15(14-16)18(20)21/h5-7,14,17-18H,2-4,8-13H2,1H3,(H,22,26). The number of nitrogens with zero attached hydrogens (tertiary/aromatic N) is 3. The molecule has 1 saturated heterocycles. The maximum absolute atomic E-state index is 12.9. The highest BCUT2D eigenvalue weighted by Crippen LogP contribution is 2.25. The SMILES string of the molecule is CN(C1CCCCC1)S(=O)(=O)N1CCN(C(=O)Nc2cccc(C(F)F)c2)CC1. The summed E-state index contributed by atoms with van der Waals surface area (Å²) in [6, 6.07) is 5.16. The Morgan fingerprint density at radius 3 is 2.41 bits per heavy atom. The minimum absolute atomic E-state index is 0.0391. The molecule has 0 bridgehead atoms. The maximum Gasteiger partial charge on any atom is 0.321 e. The van der Waals surface area contributed by atoms with Crippen molar-refractivity contribution in [2.24, 2.45) is 0 Å². The zero-order chi connectivity index (χ0) is 21.0. The molecule has 0 radical (unpaired) electrons. The van der Waals surface area contributed by atoms with Crippen molar-refractivity contribution >= 4 is 21.9 Å². The van der Waals surface area contributed by atoms with Crippen LogP contribution in [0.5, 0.6) is 0 Å². The molecule has 2 aliphatic rings. The Labute approximate surface area is 170 Å². The summed E-state index contributed by atoms with van der Waals surface area (Å²) in [4.78, 5) is 13.9. The van der Waals surface area contributed by atoms with Crippen LogP contribution in [0.1, 0.15) is 44.1 Å². The number of carbonyl (C=O) groups is 1. The second-order valence-electron chi connectivity index (χ2n) is 7.56.